The fraction of sp³-hybridized carbons (Fsp3) is 0.915. The number of rotatable bonds is 54. The third-order valence-electron chi connectivity index (χ3n) is 13.3. The molecule has 6 nitrogen and oxygen atoms in total. The van der Waals surface area contributed by atoms with Gasteiger partial charge in [0.05, 0.1) is 0 Å². The molecule has 0 aromatic heterocycles. The minimum absolute atomic E-state index is 0.0701. The van der Waals surface area contributed by atoms with Gasteiger partial charge in [-0.3, -0.25) is 14.4 Å². The van der Waals surface area contributed by atoms with Crippen LogP contribution in [0.3, 0.4) is 0 Å². The first-order valence-electron chi connectivity index (χ1n) is 29.2. The first-order chi connectivity index (χ1) is 32.0. The molecule has 0 aromatic rings. The average Bonchev–Trinajstić information content (AvgIpc) is 3.30. The van der Waals surface area contributed by atoms with Gasteiger partial charge in [0, 0.05) is 19.3 Å². The molecule has 0 amide bonds. The van der Waals surface area contributed by atoms with Crippen LogP contribution in [0.15, 0.2) is 12.2 Å². The van der Waals surface area contributed by atoms with Crippen LogP contribution in [0.5, 0.6) is 0 Å². The van der Waals surface area contributed by atoms with Crippen molar-refractivity contribution >= 4 is 17.9 Å². The lowest BCUT2D eigenvalue weighted by atomic mass is 10.0. The van der Waals surface area contributed by atoms with Gasteiger partial charge in [0.2, 0.25) is 0 Å². The summed E-state index contributed by atoms with van der Waals surface area (Å²) in [6, 6.07) is 0. The van der Waals surface area contributed by atoms with Crippen molar-refractivity contribution in [1.29, 1.82) is 0 Å². The van der Waals surface area contributed by atoms with Crippen LogP contribution in [0, 0.1) is 0 Å². The van der Waals surface area contributed by atoms with Gasteiger partial charge in [0.25, 0.3) is 0 Å². The van der Waals surface area contributed by atoms with E-state index >= 15 is 0 Å². The maximum atomic E-state index is 12.8. The molecule has 0 N–H and O–H groups in total. The van der Waals surface area contributed by atoms with E-state index in [1.54, 1.807) is 0 Å². The van der Waals surface area contributed by atoms with E-state index in [1.807, 2.05) is 0 Å². The summed E-state index contributed by atoms with van der Waals surface area (Å²) < 4.78 is 16.9. The van der Waals surface area contributed by atoms with E-state index < -0.39 is 6.10 Å². The zero-order valence-electron chi connectivity index (χ0n) is 44.0. The molecule has 65 heavy (non-hydrogen) atoms. The van der Waals surface area contributed by atoms with E-state index in [-0.39, 0.29) is 31.1 Å². The summed E-state index contributed by atoms with van der Waals surface area (Å²) >= 11 is 0. The number of ether oxygens (including phenoxy) is 3. The lowest BCUT2D eigenvalue weighted by Gasteiger charge is -2.18. The Hall–Kier alpha value is -1.85. The van der Waals surface area contributed by atoms with Crippen molar-refractivity contribution < 1.29 is 28.6 Å². The van der Waals surface area contributed by atoms with Crippen molar-refractivity contribution in [2.24, 2.45) is 0 Å². The van der Waals surface area contributed by atoms with Crippen molar-refractivity contribution in [3.63, 3.8) is 0 Å². The fourth-order valence-corrected chi connectivity index (χ4v) is 8.85. The molecule has 0 bridgehead atoms. The summed E-state index contributed by atoms with van der Waals surface area (Å²) in [5.74, 6) is -0.862. The number of esters is 3. The Morgan fingerprint density at radius 1 is 0.292 bits per heavy atom. The second-order valence-electron chi connectivity index (χ2n) is 19.9. The van der Waals surface area contributed by atoms with Crippen molar-refractivity contribution in [1.82, 2.24) is 0 Å². The first-order valence-corrected chi connectivity index (χ1v) is 29.2. The highest BCUT2D eigenvalue weighted by molar-refractivity contribution is 5.71. The van der Waals surface area contributed by atoms with E-state index in [1.165, 1.54) is 218 Å². The van der Waals surface area contributed by atoms with Crippen molar-refractivity contribution in [2.75, 3.05) is 13.2 Å². The van der Waals surface area contributed by atoms with Crippen LogP contribution in [-0.2, 0) is 28.6 Å². The van der Waals surface area contributed by atoms with Crippen LogP contribution in [0.1, 0.15) is 329 Å². The molecule has 0 aliphatic carbocycles. The number of unbranched alkanes of at least 4 members (excludes halogenated alkanes) is 41. The molecule has 1 atom stereocenters. The molecular formula is C59H112O6. The lowest BCUT2D eigenvalue weighted by molar-refractivity contribution is -0.167. The van der Waals surface area contributed by atoms with Crippen LogP contribution in [0.4, 0.5) is 0 Å². The lowest BCUT2D eigenvalue weighted by Crippen LogP contribution is -2.30. The molecular weight excluding hydrogens is 805 g/mol. The number of hydrogen-bond acceptors (Lipinski definition) is 6. The minimum Gasteiger partial charge on any atom is -0.462 e. The van der Waals surface area contributed by atoms with Crippen molar-refractivity contribution in [3.8, 4) is 0 Å². The van der Waals surface area contributed by atoms with Crippen LogP contribution < -0.4 is 0 Å². The molecule has 0 fully saturated rings. The largest absolute Gasteiger partial charge is 0.462 e. The second kappa shape index (κ2) is 54.8. The van der Waals surface area contributed by atoms with Gasteiger partial charge in [-0.2, -0.15) is 0 Å². The second-order valence-corrected chi connectivity index (χ2v) is 19.9. The van der Waals surface area contributed by atoms with Gasteiger partial charge in [-0.25, -0.2) is 0 Å². The van der Waals surface area contributed by atoms with Crippen LogP contribution >= 0.6 is 0 Å². The van der Waals surface area contributed by atoms with Crippen molar-refractivity contribution in [3.05, 3.63) is 12.2 Å². The topological polar surface area (TPSA) is 78.9 Å². The molecule has 0 aromatic carbocycles. The Morgan fingerprint density at radius 3 is 0.785 bits per heavy atom. The highest BCUT2D eigenvalue weighted by Crippen LogP contribution is 2.17. The molecule has 0 spiro atoms. The predicted molar refractivity (Wildman–Crippen MR) is 280 cm³/mol. The van der Waals surface area contributed by atoms with E-state index in [9.17, 15) is 14.4 Å². The van der Waals surface area contributed by atoms with Crippen LogP contribution in [0.2, 0.25) is 0 Å². The third kappa shape index (κ3) is 53.0. The van der Waals surface area contributed by atoms with Gasteiger partial charge in [0.15, 0.2) is 6.10 Å². The summed E-state index contributed by atoms with van der Waals surface area (Å²) in [6.07, 6.45) is 62.0. The molecule has 0 aliphatic heterocycles. The zero-order valence-corrected chi connectivity index (χ0v) is 44.0. The van der Waals surface area contributed by atoms with E-state index in [0.717, 1.165) is 70.6 Å². The first kappa shape index (κ1) is 63.1. The van der Waals surface area contributed by atoms with Gasteiger partial charge < -0.3 is 14.2 Å². The Labute approximate surface area is 405 Å². The van der Waals surface area contributed by atoms with Crippen LogP contribution in [-0.4, -0.2) is 37.2 Å². The summed E-state index contributed by atoms with van der Waals surface area (Å²) in [6.45, 7) is 6.68. The molecule has 0 radical (unpaired) electrons. The highest BCUT2D eigenvalue weighted by Gasteiger charge is 2.19. The summed E-state index contributed by atoms with van der Waals surface area (Å²) in [5, 5.41) is 0. The Morgan fingerprint density at radius 2 is 0.508 bits per heavy atom. The third-order valence-corrected chi connectivity index (χ3v) is 13.3. The minimum atomic E-state index is -0.772. The SMILES string of the molecule is CCCCCCCCC/C=C\CCCCCC(=O)OC(COC(=O)CCCCCCCCCCCCCCCC)COC(=O)CCCCCCCCCCCCCCCCCCCCC. The van der Waals surface area contributed by atoms with E-state index in [0.29, 0.717) is 19.3 Å². The maximum Gasteiger partial charge on any atom is 0.306 e. The number of carbonyl (C=O) groups is 3. The standard InChI is InChI=1S/C59H112O6/c1-4-7-10-13-16-19-22-25-28-29-30-31-32-35-37-40-43-46-49-52-58(61)64-55-56(65-59(62)53-50-47-44-41-38-34-27-24-21-18-15-12-9-6-3)54-63-57(60)51-48-45-42-39-36-33-26-23-20-17-14-11-8-5-2/h34,38,56H,4-33,35-37,39-55H2,1-3H3/b38-34-. The zero-order chi connectivity index (χ0) is 47.2. The molecule has 0 rings (SSSR count). The fourth-order valence-electron chi connectivity index (χ4n) is 8.85. The molecule has 1 unspecified atom stereocenters. The summed E-state index contributed by atoms with van der Waals surface area (Å²) in [5.41, 5.74) is 0. The van der Waals surface area contributed by atoms with Gasteiger partial charge in [-0.15, -0.1) is 0 Å². The number of carbonyl (C=O) groups excluding carboxylic acids is 3. The van der Waals surface area contributed by atoms with Gasteiger partial charge in [-0.1, -0.05) is 277 Å². The molecule has 6 heteroatoms. The summed E-state index contributed by atoms with van der Waals surface area (Å²) in [4.78, 5) is 38.1. The van der Waals surface area contributed by atoms with Gasteiger partial charge >= 0.3 is 17.9 Å². The van der Waals surface area contributed by atoms with Crippen LogP contribution in [0.25, 0.3) is 0 Å². The molecule has 0 saturated carbocycles. The van der Waals surface area contributed by atoms with Gasteiger partial charge in [-0.05, 0) is 44.9 Å². The number of hydrogen-bond donors (Lipinski definition) is 0. The highest BCUT2D eigenvalue weighted by atomic mass is 16.6. The normalized spacial score (nSPS) is 12.0. The smallest absolute Gasteiger partial charge is 0.306 e. The number of allylic oxidation sites excluding steroid dienone is 2. The Bertz CT molecular complexity index is 1010. The average molecular weight is 918 g/mol. The van der Waals surface area contributed by atoms with E-state index in [2.05, 4.69) is 32.9 Å². The summed E-state index contributed by atoms with van der Waals surface area (Å²) in [7, 11) is 0. The quantitative estimate of drug-likeness (QED) is 0.0262. The van der Waals surface area contributed by atoms with E-state index in [4.69, 9.17) is 14.2 Å². The Balaban J connectivity index is 4.29. The van der Waals surface area contributed by atoms with Gasteiger partial charge in [0.1, 0.15) is 13.2 Å². The molecule has 0 heterocycles. The predicted octanol–water partition coefficient (Wildman–Crippen LogP) is 19.3. The van der Waals surface area contributed by atoms with Crippen molar-refractivity contribution in [2.45, 2.75) is 335 Å². The molecule has 384 valence electrons. The maximum absolute atomic E-state index is 12.8. The molecule has 0 saturated heterocycles. The monoisotopic (exact) mass is 917 g/mol. The Kier molecular flexibility index (Phi) is 53.2. The molecule has 0 aliphatic rings.